The minimum Gasteiger partial charge on any atom is -0.458 e. The molecule has 0 spiro atoms. The largest absolute Gasteiger partial charge is 0.458 e. The van der Waals surface area contributed by atoms with Crippen LogP contribution in [0, 0.1) is 0 Å². The van der Waals surface area contributed by atoms with E-state index >= 15 is 0 Å². The second kappa shape index (κ2) is 7.29. The van der Waals surface area contributed by atoms with Crippen molar-refractivity contribution in [2.75, 3.05) is 11.9 Å². The number of hydrogen-bond acceptors (Lipinski definition) is 6. The maximum atomic E-state index is 5.98. The maximum Gasteiger partial charge on any atom is 0.320 e. The number of nitrogens with zero attached hydrogens (tertiary/aromatic N) is 4. The van der Waals surface area contributed by atoms with Crippen molar-refractivity contribution in [1.82, 2.24) is 19.5 Å². The van der Waals surface area contributed by atoms with Gasteiger partial charge < -0.3 is 14.8 Å². The Morgan fingerprint density at radius 2 is 2.08 bits per heavy atom. The van der Waals surface area contributed by atoms with Gasteiger partial charge >= 0.3 is 6.01 Å². The molecule has 2 unspecified atom stereocenters. The zero-order chi connectivity index (χ0) is 17.9. The first-order chi connectivity index (χ1) is 12.7. The summed E-state index contributed by atoms with van der Waals surface area (Å²) < 4.78 is 13.8. The van der Waals surface area contributed by atoms with Crippen molar-refractivity contribution in [3.63, 3.8) is 0 Å². The van der Waals surface area contributed by atoms with Gasteiger partial charge in [-0.15, -0.1) is 0 Å². The predicted octanol–water partition coefficient (Wildman–Crippen LogP) is 3.53. The average Bonchev–Trinajstić information content (AvgIpc) is 3.27. The number of imidazole rings is 1. The lowest BCUT2D eigenvalue weighted by Gasteiger charge is -2.14. The minimum atomic E-state index is -0.0404. The molecule has 3 heterocycles. The van der Waals surface area contributed by atoms with Gasteiger partial charge in [-0.3, -0.25) is 4.57 Å². The van der Waals surface area contributed by atoms with Gasteiger partial charge in [-0.2, -0.15) is 9.97 Å². The van der Waals surface area contributed by atoms with Crippen molar-refractivity contribution < 1.29 is 9.47 Å². The van der Waals surface area contributed by atoms with Crippen LogP contribution in [0.2, 0.25) is 0 Å². The van der Waals surface area contributed by atoms with Gasteiger partial charge in [-0.1, -0.05) is 30.3 Å². The van der Waals surface area contributed by atoms with Crippen LogP contribution < -0.4 is 10.1 Å². The lowest BCUT2D eigenvalue weighted by Crippen LogP contribution is -2.10. The van der Waals surface area contributed by atoms with Crippen molar-refractivity contribution in [3.8, 4) is 6.01 Å². The van der Waals surface area contributed by atoms with Crippen LogP contribution in [-0.2, 0) is 11.3 Å². The third-order valence-corrected chi connectivity index (χ3v) is 4.48. The van der Waals surface area contributed by atoms with Crippen molar-refractivity contribution >= 4 is 17.0 Å². The third kappa shape index (κ3) is 3.35. The van der Waals surface area contributed by atoms with Crippen LogP contribution in [0.25, 0.3) is 11.2 Å². The fourth-order valence-corrected chi connectivity index (χ4v) is 3.17. The van der Waals surface area contributed by atoms with Crippen LogP contribution in [0.3, 0.4) is 0 Å². The summed E-state index contributed by atoms with van der Waals surface area (Å²) in [6, 6.07) is 10.3. The molecule has 2 aromatic heterocycles. The summed E-state index contributed by atoms with van der Waals surface area (Å²) in [4.78, 5) is 13.6. The molecule has 26 heavy (non-hydrogen) atoms. The summed E-state index contributed by atoms with van der Waals surface area (Å²) in [5, 5.41) is 3.25. The molecule has 1 N–H and O–H groups in total. The van der Waals surface area contributed by atoms with Crippen LogP contribution in [-0.4, -0.2) is 32.2 Å². The highest BCUT2D eigenvalue weighted by Gasteiger charge is 2.26. The first kappa shape index (κ1) is 16.8. The first-order valence-electron chi connectivity index (χ1n) is 9.05. The number of fused-ring (bicyclic) bond motifs is 1. The fraction of sp³-hybridized carbons (Fsp3) is 0.421. The summed E-state index contributed by atoms with van der Waals surface area (Å²) in [5.41, 5.74) is 2.54. The van der Waals surface area contributed by atoms with Gasteiger partial charge in [0.25, 0.3) is 0 Å². The van der Waals surface area contributed by atoms with Gasteiger partial charge in [-0.25, -0.2) is 4.98 Å². The monoisotopic (exact) mass is 353 g/mol. The van der Waals surface area contributed by atoms with E-state index in [-0.39, 0.29) is 12.3 Å². The Morgan fingerprint density at radius 3 is 2.81 bits per heavy atom. The quantitative estimate of drug-likeness (QED) is 0.731. The van der Waals surface area contributed by atoms with E-state index in [2.05, 4.69) is 27.2 Å². The normalized spacial score (nSPS) is 19.8. The van der Waals surface area contributed by atoms with Crippen LogP contribution >= 0.6 is 0 Å². The van der Waals surface area contributed by atoms with E-state index in [0.29, 0.717) is 18.4 Å². The zero-order valence-electron chi connectivity index (χ0n) is 15.1. The lowest BCUT2D eigenvalue weighted by molar-refractivity contribution is 0.0131. The second-order valence-corrected chi connectivity index (χ2v) is 6.46. The summed E-state index contributed by atoms with van der Waals surface area (Å²) in [7, 11) is 0. The molecule has 7 nitrogen and oxygen atoms in total. The molecule has 4 rings (SSSR count). The zero-order valence-corrected chi connectivity index (χ0v) is 15.1. The van der Waals surface area contributed by atoms with Gasteiger partial charge in [0.05, 0.1) is 12.4 Å². The molecule has 0 bridgehead atoms. The summed E-state index contributed by atoms with van der Waals surface area (Å²) in [6.45, 7) is 5.28. The molecule has 0 radical (unpaired) electrons. The minimum absolute atomic E-state index is 0.0404. The van der Waals surface area contributed by atoms with E-state index in [1.165, 1.54) is 0 Å². The Kier molecular flexibility index (Phi) is 4.71. The molecule has 1 aromatic carbocycles. The van der Waals surface area contributed by atoms with Gasteiger partial charge in [0, 0.05) is 6.54 Å². The summed E-state index contributed by atoms with van der Waals surface area (Å²) >= 11 is 0. The van der Waals surface area contributed by atoms with Crippen LogP contribution in [0.1, 0.15) is 38.5 Å². The van der Waals surface area contributed by atoms with E-state index in [4.69, 9.17) is 9.47 Å². The lowest BCUT2D eigenvalue weighted by atomic mass is 10.2. The molecular weight excluding hydrogens is 330 g/mol. The Morgan fingerprint density at radius 1 is 1.23 bits per heavy atom. The van der Waals surface area contributed by atoms with Crippen LogP contribution in [0.15, 0.2) is 36.7 Å². The molecule has 2 atom stereocenters. The molecule has 0 saturated carbocycles. The van der Waals surface area contributed by atoms with Crippen LogP contribution in [0.4, 0.5) is 5.82 Å². The highest BCUT2D eigenvalue weighted by molar-refractivity contribution is 5.83. The van der Waals surface area contributed by atoms with Crippen molar-refractivity contribution in [3.05, 3.63) is 42.2 Å². The van der Waals surface area contributed by atoms with E-state index < -0.39 is 0 Å². The number of hydrogen-bond donors (Lipinski definition) is 1. The van der Waals surface area contributed by atoms with Gasteiger partial charge in [0.2, 0.25) is 0 Å². The first-order valence-corrected chi connectivity index (χ1v) is 9.05. The van der Waals surface area contributed by atoms with Gasteiger partial charge in [0.1, 0.15) is 12.8 Å². The van der Waals surface area contributed by atoms with E-state index in [0.717, 1.165) is 36.1 Å². The summed E-state index contributed by atoms with van der Waals surface area (Å²) in [5.74, 6) is 0.686. The van der Waals surface area contributed by atoms with E-state index in [1.807, 2.05) is 41.8 Å². The number of rotatable bonds is 6. The third-order valence-electron chi connectivity index (χ3n) is 4.48. The van der Waals surface area contributed by atoms with E-state index in [1.54, 1.807) is 6.33 Å². The molecule has 3 aromatic rings. The van der Waals surface area contributed by atoms with Crippen LogP contribution in [0.5, 0.6) is 6.01 Å². The molecule has 0 aliphatic carbocycles. The molecule has 1 aliphatic rings. The number of ether oxygens (including phenoxy) is 2. The maximum absolute atomic E-state index is 5.98. The number of nitrogens with one attached hydrogen (secondary N) is 1. The predicted molar refractivity (Wildman–Crippen MR) is 99.1 cm³/mol. The van der Waals surface area contributed by atoms with Gasteiger partial charge in [-0.05, 0) is 32.3 Å². The Bertz CT molecular complexity index is 880. The molecule has 0 amide bonds. The number of benzene rings is 1. The second-order valence-electron chi connectivity index (χ2n) is 6.46. The summed E-state index contributed by atoms with van der Waals surface area (Å²) in [6.07, 6.45) is 3.98. The number of anilines is 1. The highest BCUT2D eigenvalue weighted by atomic mass is 16.5. The Hall–Kier alpha value is -2.67. The Labute approximate surface area is 152 Å². The molecular formula is C19H23N5O2. The van der Waals surface area contributed by atoms with Crippen molar-refractivity contribution in [2.45, 2.75) is 45.6 Å². The molecule has 1 fully saturated rings. The smallest absolute Gasteiger partial charge is 0.320 e. The fourth-order valence-electron chi connectivity index (χ4n) is 3.17. The number of aromatic nitrogens is 4. The molecule has 136 valence electrons. The average molecular weight is 353 g/mol. The molecule has 1 saturated heterocycles. The SMILES string of the molecule is CCNc1nc(OCc2ccccc2)nc2c1ncn2C1CCC(C)O1. The Balaban J connectivity index is 1.66. The van der Waals surface area contributed by atoms with Gasteiger partial charge in [0.15, 0.2) is 17.0 Å². The molecule has 7 heteroatoms. The topological polar surface area (TPSA) is 74.1 Å². The van der Waals surface area contributed by atoms with Crippen molar-refractivity contribution in [2.24, 2.45) is 0 Å². The van der Waals surface area contributed by atoms with Crippen molar-refractivity contribution in [1.29, 1.82) is 0 Å². The van der Waals surface area contributed by atoms with E-state index in [9.17, 15) is 0 Å². The standard InChI is InChI=1S/C19H23N5O2/c1-3-20-17-16-18(24(12-21-16)15-10-9-13(2)26-15)23-19(22-17)25-11-14-7-5-4-6-8-14/h4-8,12-13,15H,3,9-11H2,1-2H3,(H,20,22,23). The highest BCUT2D eigenvalue weighted by Crippen LogP contribution is 2.32. The molecule has 1 aliphatic heterocycles.